The Balaban J connectivity index is 1.59. The van der Waals surface area contributed by atoms with Crippen molar-refractivity contribution in [3.05, 3.63) is 53.1 Å². The monoisotopic (exact) mass is 482 g/mol. The molecule has 1 aromatic rings. The number of nitrogens with zero attached hydrogens (tertiary/aromatic N) is 2. The van der Waals surface area contributed by atoms with E-state index in [1.54, 1.807) is 41.3 Å². The zero-order valence-electron chi connectivity index (χ0n) is 20.0. The number of hydrogen-bond acceptors (Lipinski definition) is 7. The van der Waals surface area contributed by atoms with Crippen LogP contribution in [0.1, 0.15) is 72.3 Å². The van der Waals surface area contributed by atoms with Crippen LogP contribution in [-0.2, 0) is 20.8 Å². The Morgan fingerprint density at radius 3 is 2.74 bits per heavy atom. The summed E-state index contributed by atoms with van der Waals surface area (Å²) in [5.41, 5.74) is 2.34. The third-order valence-corrected chi connectivity index (χ3v) is 6.47. The van der Waals surface area contributed by atoms with Gasteiger partial charge in [0.1, 0.15) is 5.75 Å². The van der Waals surface area contributed by atoms with Gasteiger partial charge in [-0.05, 0) is 80.2 Å². The van der Waals surface area contributed by atoms with E-state index in [1.165, 1.54) is 0 Å². The zero-order chi connectivity index (χ0) is 24.6. The largest absolute Gasteiger partial charge is 0.508 e. The number of phenolic OH excluding ortho intramolecular Hbond substituents is 1. The minimum absolute atomic E-state index is 0.0856. The van der Waals surface area contributed by atoms with Gasteiger partial charge in [0.25, 0.3) is 5.91 Å². The smallest absolute Gasteiger partial charge is 0.338 e. The van der Waals surface area contributed by atoms with Crippen LogP contribution >= 0.6 is 0 Å². The minimum Gasteiger partial charge on any atom is -0.508 e. The first kappa shape index (κ1) is 25.0. The second-order valence-electron chi connectivity index (χ2n) is 9.38. The molecule has 1 aliphatic carbocycles. The number of carbonyl (C=O) groups excluding carboxylic acids is 2. The number of oxime groups is 1. The van der Waals surface area contributed by atoms with Crippen LogP contribution < -0.4 is 0 Å². The van der Waals surface area contributed by atoms with E-state index >= 15 is 0 Å². The minimum atomic E-state index is -0.675. The van der Waals surface area contributed by atoms with E-state index < -0.39 is 12.1 Å². The van der Waals surface area contributed by atoms with E-state index in [2.05, 4.69) is 5.16 Å². The number of piperidine rings is 1. The number of esters is 1. The molecule has 1 amide bonds. The average Bonchev–Trinajstić information content (AvgIpc) is 3.69. The molecule has 8 heteroatoms. The SMILES string of the molecule is O=C1OCC/C=C/C(O)C/C=C/C(=N\OCC(=O)N2CCCCC2)Cc2cc(O)cc(C3CC3)c21. The van der Waals surface area contributed by atoms with E-state index in [9.17, 15) is 19.8 Å². The van der Waals surface area contributed by atoms with Crippen LogP contribution in [0.4, 0.5) is 0 Å². The summed E-state index contributed by atoms with van der Waals surface area (Å²) in [6.45, 7) is 1.52. The van der Waals surface area contributed by atoms with Gasteiger partial charge in [0, 0.05) is 19.5 Å². The molecule has 1 aromatic carbocycles. The van der Waals surface area contributed by atoms with Crippen LogP contribution in [0.2, 0.25) is 0 Å². The van der Waals surface area contributed by atoms with Crippen LogP contribution in [0.25, 0.3) is 0 Å². The summed E-state index contributed by atoms with van der Waals surface area (Å²) in [5.74, 6) is -0.219. The quantitative estimate of drug-likeness (QED) is 0.386. The topological polar surface area (TPSA) is 109 Å². The molecule has 3 aliphatic rings. The van der Waals surface area contributed by atoms with E-state index in [4.69, 9.17) is 9.57 Å². The molecule has 35 heavy (non-hydrogen) atoms. The maximum absolute atomic E-state index is 13.1. The summed E-state index contributed by atoms with van der Waals surface area (Å²) < 4.78 is 5.53. The number of allylic oxidation sites excluding steroid dienone is 1. The summed E-state index contributed by atoms with van der Waals surface area (Å²) in [6.07, 6.45) is 12.5. The van der Waals surface area contributed by atoms with Crippen molar-refractivity contribution >= 4 is 17.6 Å². The number of fused-ring (bicyclic) bond motifs is 1. The Hall–Kier alpha value is -3.13. The number of likely N-dealkylation sites (tertiary alicyclic amines) is 1. The van der Waals surface area contributed by atoms with Crippen molar-refractivity contribution in [1.29, 1.82) is 0 Å². The molecule has 2 fully saturated rings. The predicted octanol–water partition coefficient (Wildman–Crippen LogP) is 3.62. The van der Waals surface area contributed by atoms with E-state index in [-0.39, 0.29) is 37.2 Å². The molecule has 4 rings (SSSR count). The number of aliphatic hydroxyl groups excluding tert-OH is 1. The molecule has 2 N–H and O–H groups in total. The number of ether oxygens (including phenoxy) is 1. The van der Waals surface area contributed by atoms with Crippen molar-refractivity contribution in [1.82, 2.24) is 4.90 Å². The molecule has 8 nitrogen and oxygen atoms in total. The molecule has 1 saturated heterocycles. The van der Waals surface area contributed by atoms with Gasteiger partial charge < -0.3 is 24.7 Å². The first-order valence-electron chi connectivity index (χ1n) is 12.5. The van der Waals surface area contributed by atoms with Gasteiger partial charge >= 0.3 is 5.97 Å². The number of benzene rings is 1. The normalized spacial score (nSPS) is 24.7. The molecule has 1 saturated carbocycles. The fraction of sp³-hybridized carbons (Fsp3) is 0.519. The average molecular weight is 483 g/mol. The Morgan fingerprint density at radius 1 is 1.17 bits per heavy atom. The molecule has 2 aliphatic heterocycles. The Kier molecular flexibility index (Phi) is 8.58. The lowest BCUT2D eigenvalue weighted by Gasteiger charge is -2.26. The number of phenols is 1. The van der Waals surface area contributed by atoms with Crippen molar-refractivity contribution in [3.8, 4) is 5.75 Å². The maximum Gasteiger partial charge on any atom is 0.338 e. The zero-order valence-corrected chi connectivity index (χ0v) is 20.0. The standard InChI is InChI=1S/C27H34N2O6/c30-22-8-2-5-14-34-27(33)26-20(16-23(31)17-24(26)19-10-11-19)15-21(7-6-9-22)28-35-18-25(32)29-12-3-1-4-13-29/h2,6-8,16-17,19,22,30-31H,1,3-5,9-15,18H2/b7-6+,8-2+,28-21+. The summed E-state index contributed by atoms with van der Waals surface area (Å²) in [4.78, 5) is 32.8. The Labute approximate surface area is 205 Å². The summed E-state index contributed by atoms with van der Waals surface area (Å²) in [7, 11) is 0. The van der Waals surface area contributed by atoms with Gasteiger partial charge in [-0.15, -0.1) is 0 Å². The van der Waals surface area contributed by atoms with Crippen LogP contribution in [0.15, 0.2) is 41.6 Å². The number of hydrogen-bond donors (Lipinski definition) is 2. The molecule has 1 unspecified atom stereocenters. The number of amides is 1. The number of aliphatic hydroxyl groups is 1. The van der Waals surface area contributed by atoms with Crippen molar-refractivity contribution in [2.45, 2.75) is 63.4 Å². The lowest BCUT2D eigenvalue weighted by atomic mass is 9.93. The Bertz CT molecular complexity index is 1010. The van der Waals surface area contributed by atoms with Crippen LogP contribution in [0.5, 0.6) is 5.75 Å². The van der Waals surface area contributed by atoms with Crippen LogP contribution in [0.3, 0.4) is 0 Å². The third kappa shape index (κ3) is 7.18. The van der Waals surface area contributed by atoms with Crippen molar-refractivity contribution < 1.29 is 29.4 Å². The second-order valence-corrected chi connectivity index (χ2v) is 9.38. The molecule has 0 aromatic heterocycles. The van der Waals surface area contributed by atoms with Crippen LogP contribution in [-0.4, -0.2) is 65.1 Å². The van der Waals surface area contributed by atoms with Gasteiger partial charge in [-0.1, -0.05) is 23.4 Å². The number of carbonyl (C=O) groups is 2. The van der Waals surface area contributed by atoms with Gasteiger partial charge in [-0.3, -0.25) is 4.79 Å². The second kappa shape index (κ2) is 12.0. The Morgan fingerprint density at radius 2 is 1.97 bits per heavy atom. The van der Waals surface area contributed by atoms with E-state index in [0.717, 1.165) is 50.8 Å². The first-order valence-corrected chi connectivity index (χ1v) is 12.5. The summed E-state index contributed by atoms with van der Waals surface area (Å²) in [6, 6.07) is 3.21. The molecular formula is C27H34N2O6. The van der Waals surface area contributed by atoms with Crippen molar-refractivity contribution in [2.75, 3.05) is 26.3 Å². The molecule has 188 valence electrons. The number of cyclic esters (lactones) is 1. The summed E-state index contributed by atoms with van der Waals surface area (Å²) in [5, 5.41) is 24.7. The van der Waals surface area contributed by atoms with Gasteiger partial charge in [0.2, 0.25) is 0 Å². The fourth-order valence-corrected chi connectivity index (χ4v) is 4.50. The fourth-order valence-electron chi connectivity index (χ4n) is 4.50. The number of rotatable bonds is 4. The highest BCUT2D eigenvalue weighted by Gasteiger charge is 2.31. The molecule has 0 spiro atoms. The third-order valence-electron chi connectivity index (χ3n) is 6.47. The molecule has 0 bridgehead atoms. The van der Waals surface area contributed by atoms with E-state index in [1.807, 2.05) is 0 Å². The van der Waals surface area contributed by atoms with Gasteiger partial charge in [0.05, 0.1) is 24.0 Å². The highest BCUT2D eigenvalue weighted by atomic mass is 16.6. The molecule has 0 radical (unpaired) electrons. The van der Waals surface area contributed by atoms with Gasteiger partial charge in [0.15, 0.2) is 6.61 Å². The van der Waals surface area contributed by atoms with Gasteiger partial charge in [-0.25, -0.2) is 4.79 Å². The lowest BCUT2D eigenvalue weighted by molar-refractivity contribution is -0.137. The lowest BCUT2D eigenvalue weighted by Crippen LogP contribution is -2.37. The molecule has 1 atom stereocenters. The first-order chi connectivity index (χ1) is 17.0. The predicted molar refractivity (Wildman–Crippen MR) is 131 cm³/mol. The highest BCUT2D eigenvalue weighted by Crippen LogP contribution is 2.44. The van der Waals surface area contributed by atoms with Crippen molar-refractivity contribution in [3.63, 3.8) is 0 Å². The number of aromatic hydroxyl groups is 1. The van der Waals surface area contributed by atoms with Crippen molar-refractivity contribution in [2.24, 2.45) is 5.16 Å². The molecular weight excluding hydrogens is 448 g/mol. The van der Waals surface area contributed by atoms with E-state index in [0.29, 0.717) is 29.7 Å². The molecule has 2 heterocycles. The maximum atomic E-state index is 13.1. The summed E-state index contributed by atoms with van der Waals surface area (Å²) >= 11 is 0. The highest BCUT2D eigenvalue weighted by molar-refractivity contribution is 6.00. The van der Waals surface area contributed by atoms with Gasteiger partial charge in [-0.2, -0.15) is 0 Å². The van der Waals surface area contributed by atoms with Crippen LogP contribution in [0, 0.1) is 0 Å².